The highest BCUT2D eigenvalue weighted by Crippen LogP contribution is 2.28. The van der Waals surface area contributed by atoms with Crippen molar-refractivity contribution in [1.29, 1.82) is 0 Å². The van der Waals surface area contributed by atoms with E-state index in [4.69, 9.17) is 4.74 Å². The molecule has 0 aliphatic heterocycles. The van der Waals surface area contributed by atoms with Crippen LogP contribution in [-0.2, 0) is 0 Å². The number of hydrogen-bond acceptors (Lipinski definition) is 2. The van der Waals surface area contributed by atoms with Crippen molar-refractivity contribution in [2.24, 2.45) is 0 Å². The Morgan fingerprint density at radius 3 is 2.35 bits per heavy atom. The molecular weight excluding hydrogens is 267 g/mol. The second-order valence-corrected chi connectivity index (χ2v) is 4.28. The van der Waals surface area contributed by atoms with E-state index >= 15 is 0 Å². The van der Waals surface area contributed by atoms with Gasteiger partial charge in [0, 0.05) is 5.56 Å². The van der Waals surface area contributed by atoms with Crippen LogP contribution in [0.3, 0.4) is 0 Å². The number of methoxy groups -OCH3 is 1. The molecule has 0 aliphatic rings. The predicted octanol–water partition coefficient (Wildman–Crippen LogP) is 3.42. The molecule has 2 rings (SSSR count). The Labute approximate surface area is 115 Å². The largest absolute Gasteiger partial charge is 0.494 e. The van der Waals surface area contributed by atoms with E-state index in [9.17, 15) is 13.2 Å². The fourth-order valence-corrected chi connectivity index (χ4v) is 2.09. The van der Waals surface area contributed by atoms with E-state index in [1.165, 1.54) is 25.3 Å². The van der Waals surface area contributed by atoms with E-state index in [2.05, 4.69) is 5.32 Å². The number of halogens is 3. The normalized spacial score (nSPS) is 12.2. The summed E-state index contributed by atoms with van der Waals surface area (Å²) in [5.74, 6) is -1.52. The monoisotopic (exact) mass is 281 g/mol. The number of rotatable bonds is 4. The molecule has 1 N–H and O–H groups in total. The van der Waals surface area contributed by atoms with Gasteiger partial charge in [-0.05, 0) is 42.9 Å². The zero-order valence-corrected chi connectivity index (χ0v) is 11.1. The molecule has 0 amide bonds. The van der Waals surface area contributed by atoms with Crippen LogP contribution in [0.2, 0.25) is 0 Å². The maximum Gasteiger partial charge on any atom is 0.165 e. The zero-order chi connectivity index (χ0) is 14.7. The third kappa shape index (κ3) is 2.77. The van der Waals surface area contributed by atoms with Crippen molar-refractivity contribution in [3.05, 3.63) is 65.0 Å². The molecule has 1 atom stereocenters. The Hall–Kier alpha value is -2.01. The van der Waals surface area contributed by atoms with Crippen molar-refractivity contribution in [2.75, 3.05) is 14.2 Å². The van der Waals surface area contributed by atoms with Crippen molar-refractivity contribution >= 4 is 0 Å². The van der Waals surface area contributed by atoms with Crippen molar-refractivity contribution in [3.63, 3.8) is 0 Å². The molecule has 5 heteroatoms. The van der Waals surface area contributed by atoms with Crippen molar-refractivity contribution in [2.45, 2.75) is 6.04 Å². The Kier molecular flexibility index (Phi) is 4.29. The molecule has 0 aliphatic carbocycles. The van der Waals surface area contributed by atoms with E-state index in [1.807, 2.05) is 0 Å². The third-order valence-corrected chi connectivity index (χ3v) is 3.07. The zero-order valence-electron chi connectivity index (χ0n) is 11.1. The molecule has 2 aromatic carbocycles. The number of nitrogens with one attached hydrogen (secondary N) is 1. The molecule has 0 bridgehead atoms. The number of ether oxygens (including phenoxy) is 1. The van der Waals surface area contributed by atoms with Crippen LogP contribution >= 0.6 is 0 Å². The van der Waals surface area contributed by atoms with Crippen LogP contribution in [0.5, 0.6) is 5.75 Å². The van der Waals surface area contributed by atoms with Crippen LogP contribution in [-0.4, -0.2) is 14.2 Å². The molecule has 0 saturated carbocycles. The Balaban J connectivity index is 2.49. The van der Waals surface area contributed by atoms with Gasteiger partial charge in [0.05, 0.1) is 13.2 Å². The summed E-state index contributed by atoms with van der Waals surface area (Å²) in [6, 6.07) is 6.83. The summed E-state index contributed by atoms with van der Waals surface area (Å²) < 4.78 is 45.4. The summed E-state index contributed by atoms with van der Waals surface area (Å²) in [5.41, 5.74) is 0.733. The highest BCUT2D eigenvalue weighted by atomic mass is 19.1. The van der Waals surface area contributed by atoms with Crippen molar-refractivity contribution in [3.8, 4) is 5.75 Å². The van der Waals surface area contributed by atoms with Gasteiger partial charge < -0.3 is 10.1 Å². The maximum absolute atomic E-state index is 13.8. The van der Waals surface area contributed by atoms with Gasteiger partial charge in [-0.25, -0.2) is 13.2 Å². The molecule has 2 nitrogen and oxygen atoms in total. The van der Waals surface area contributed by atoms with Crippen LogP contribution in [0.25, 0.3) is 0 Å². The van der Waals surface area contributed by atoms with Gasteiger partial charge in [0.15, 0.2) is 11.6 Å². The van der Waals surface area contributed by atoms with E-state index in [-0.39, 0.29) is 11.3 Å². The average molecular weight is 281 g/mol. The van der Waals surface area contributed by atoms with Crippen molar-refractivity contribution in [1.82, 2.24) is 5.32 Å². The van der Waals surface area contributed by atoms with Crippen LogP contribution < -0.4 is 10.1 Å². The first-order chi connectivity index (χ1) is 9.56. The van der Waals surface area contributed by atoms with Gasteiger partial charge in [-0.3, -0.25) is 0 Å². The van der Waals surface area contributed by atoms with Crippen LogP contribution in [0.15, 0.2) is 36.4 Å². The lowest BCUT2D eigenvalue weighted by Crippen LogP contribution is -2.19. The molecule has 106 valence electrons. The van der Waals surface area contributed by atoms with Crippen LogP contribution in [0.4, 0.5) is 13.2 Å². The summed E-state index contributed by atoms with van der Waals surface area (Å²) in [5, 5.41) is 2.89. The molecule has 0 fully saturated rings. The topological polar surface area (TPSA) is 21.3 Å². The molecule has 0 heterocycles. The fraction of sp³-hybridized carbons (Fsp3) is 0.200. The lowest BCUT2D eigenvalue weighted by molar-refractivity contribution is 0.385. The molecule has 0 radical (unpaired) electrons. The minimum absolute atomic E-state index is 0.0551. The van der Waals surface area contributed by atoms with Gasteiger partial charge in [-0.1, -0.05) is 6.07 Å². The first kappa shape index (κ1) is 14.4. The van der Waals surface area contributed by atoms with E-state index in [1.54, 1.807) is 7.05 Å². The van der Waals surface area contributed by atoms with Gasteiger partial charge in [-0.15, -0.1) is 0 Å². The smallest absolute Gasteiger partial charge is 0.165 e. The minimum Gasteiger partial charge on any atom is -0.494 e. The van der Waals surface area contributed by atoms with Crippen molar-refractivity contribution < 1.29 is 17.9 Å². The molecular formula is C15H14F3NO. The van der Waals surface area contributed by atoms with Gasteiger partial charge in [0.25, 0.3) is 0 Å². The molecule has 2 aromatic rings. The lowest BCUT2D eigenvalue weighted by Gasteiger charge is -2.19. The van der Waals surface area contributed by atoms with E-state index in [0.29, 0.717) is 5.56 Å². The average Bonchev–Trinajstić information content (AvgIpc) is 2.45. The third-order valence-electron chi connectivity index (χ3n) is 3.07. The lowest BCUT2D eigenvalue weighted by atomic mass is 9.98. The SMILES string of the molecule is CNC(c1ccc(F)c(OC)c1)c1cc(F)ccc1F. The second-order valence-electron chi connectivity index (χ2n) is 4.28. The first-order valence-electron chi connectivity index (χ1n) is 6.02. The Bertz CT molecular complexity index is 616. The summed E-state index contributed by atoms with van der Waals surface area (Å²) in [6.45, 7) is 0. The molecule has 20 heavy (non-hydrogen) atoms. The van der Waals surface area contributed by atoms with E-state index in [0.717, 1.165) is 18.2 Å². The Morgan fingerprint density at radius 1 is 1.00 bits per heavy atom. The maximum atomic E-state index is 13.8. The summed E-state index contributed by atoms with van der Waals surface area (Å²) >= 11 is 0. The summed E-state index contributed by atoms with van der Waals surface area (Å²) in [4.78, 5) is 0. The van der Waals surface area contributed by atoms with E-state index < -0.39 is 23.5 Å². The molecule has 0 aromatic heterocycles. The summed E-state index contributed by atoms with van der Waals surface area (Å²) in [7, 11) is 2.96. The molecule has 1 unspecified atom stereocenters. The first-order valence-corrected chi connectivity index (χ1v) is 6.02. The standard InChI is InChI=1S/C15H14F3NO/c1-19-15(11-8-10(16)4-6-12(11)17)9-3-5-13(18)14(7-9)20-2/h3-8,15,19H,1-2H3. The van der Waals surface area contributed by atoms with Gasteiger partial charge in [0.1, 0.15) is 11.6 Å². The molecule has 0 spiro atoms. The minimum atomic E-state index is -0.597. The highest BCUT2D eigenvalue weighted by molar-refractivity contribution is 5.38. The highest BCUT2D eigenvalue weighted by Gasteiger charge is 2.18. The summed E-state index contributed by atoms with van der Waals surface area (Å²) in [6.07, 6.45) is 0. The van der Waals surface area contributed by atoms with Gasteiger partial charge in [-0.2, -0.15) is 0 Å². The van der Waals surface area contributed by atoms with Gasteiger partial charge >= 0.3 is 0 Å². The predicted molar refractivity (Wildman–Crippen MR) is 70.2 cm³/mol. The number of hydrogen-bond donors (Lipinski definition) is 1. The molecule has 0 saturated heterocycles. The number of benzene rings is 2. The second kappa shape index (κ2) is 5.96. The van der Waals surface area contributed by atoms with Gasteiger partial charge in [0.2, 0.25) is 0 Å². The Morgan fingerprint density at radius 2 is 1.70 bits per heavy atom. The van der Waals surface area contributed by atoms with Crippen LogP contribution in [0.1, 0.15) is 17.2 Å². The fourth-order valence-electron chi connectivity index (χ4n) is 2.09. The quantitative estimate of drug-likeness (QED) is 0.927. The van der Waals surface area contributed by atoms with Crippen LogP contribution in [0, 0.1) is 17.5 Å².